The maximum Gasteiger partial charge on any atom is 0.155 e. The minimum Gasteiger partial charge on any atom is -0.353 e. The Bertz CT molecular complexity index is 1130. The van der Waals surface area contributed by atoms with E-state index in [4.69, 9.17) is 28.2 Å². The summed E-state index contributed by atoms with van der Waals surface area (Å²) in [6.45, 7) is 1.65. The molecule has 2 aromatic heterocycles. The zero-order valence-corrected chi connectivity index (χ0v) is 15.7. The zero-order chi connectivity index (χ0) is 18.4. The second-order valence-corrected chi connectivity index (χ2v) is 7.44. The fraction of sp³-hybridized carbons (Fsp3) is 0.150. The number of nitrogens with zero attached hydrogens (tertiary/aromatic N) is 4. The van der Waals surface area contributed by atoms with E-state index in [2.05, 4.69) is 19.9 Å². The molecule has 0 saturated carbocycles. The molecular formula is C20H15Cl2N5. The highest BCUT2D eigenvalue weighted by Gasteiger charge is 2.33. The van der Waals surface area contributed by atoms with Crippen molar-refractivity contribution in [2.45, 2.75) is 5.92 Å². The lowest BCUT2D eigenvalue weighted by molar-refractivity contribution is 0.501. The molecule has 1 aliphatic heterocycles. The summed E-state index contributed by atoms with van der Waals surface area (Å²) in [6.07, 6.45) is 3.41. The van der Waals surface area contributed by atoms with E-state index < -0.39 is 0 Å². The van der Waals surface area contributed by atoms with E-state index >= 15 is 0 Å². The summed E-state index contributed by atoms with van der Waals surface area (Å²) in [5.74, 6) is 2.14. The van der Waals surface area contributed by atoms with Gasteiger partial charge in [0.1, 0.15) is 11.5 Å². The number of hydrogen-bond acceptors (Lipinski definition) is 4. The van der Waals surface area contributed by atoms with Crippen LogP contribution in [0.5, 0.6) is 0 Å². The summed E-state index contributed by atoms with van der Waals surface area (Å²) < 4.78 is 0. The number of hydrogen-bond donors (Lipinski definition) is 1. The molecule has 4 aromatic rings. The Morgan fingerprint density at radius 2 is 1.81 bits per heavy atom. The second-order valence-electron chi connectivity index (χ2n) is 6.59. The quantitative estimate of drug-likeness (QED) is 0.534. The first-order chi connectivity index (χ1) is 13.2. The van der Waals surface area contributed by atoms with Gasteiger partial charge >= 0.3 is 0 Å². The van der Waals surface area contributed by atoms with Crippen molar-refractivity contribution in [3.8, 4) is 11.3 Å². The van der Waals surface area contributed by atoms with E-state index in [0.717, 1.165) is 47.0 Å². The average molecular weight is 396 g/mol. The lowest BCUT2D eigenvalue weighted by Gasteiger charge is -2.39. The molecule has 1 N–H and O–H groups in total. The SMILES string of the molecule is Clc1ccc2[nH]c(C3CN(c4nccnc4-c4ccccc4Cl)C3)nc2c1. The van der Waals surface area contributed by atoms with Crippen LogP contribution in [-0.2, 0) is 0 Å². The summed E-state index contributed by atoms with van der Waals surface area (Å²) in [5.41, 5.74) is 3.60. The van der Waals surface area contributed by atoms with Gasteiger partial charge in [0.05, 0.1) is 22.0 Å². The molecule has 27 heavy (non-hydrogen) atoms. The van der Waals surface area contributed by atoms with Crippen molar-refractivity contribution in [2.24, 2.45) is 0 Å². The first kappa shape index (κ1) is 16.5. The molecule has 2 aromatic carbocycles. The number of aromatic amines is 1. The highest BCUT2D eigenvalue weighted by molar-refractivity contribution is 6.33. The van der Waals surface area contributed by atoms with Crippen LogP contribution in [0.15, 0.2) is 54.9 Å². The molecule has 0 amide bonds. The Balaban J connectivity index is 1.41. The van der Waals surface area contributed by atoms with E-state index in [1.165, 1.54) is 0 Å². The molecule has 3 heterocycles. The Kier molecular flexibility index (Phi) is 3.99. The Morgan fingerprint density at radius 3 is 2.67 bits per heavy atom. The van der Waals surface area contributed by atoms with Gasteiger partial charge in [-0.15, -0.1) is 0 Å². The zero-order valence-electron chi connectivity index (χ0n) is 14.2. The van der Waals surface area contributed by atoms with Crippen molar-refractivity contribution in [1.29, 1.82) is 0 Å². The summed E-state index contributed by atoms with van der Waals surface area (Å²) in [4.78, 5) is 19.4. The van der Waals surface area contributed by atoms with Crippen molar-refractivity contribution >= 4 is 40.1 Å². The lowest BCUT2D eigenvalue weighted by Crippen LogP contribution is -2.46. The van der Waals surface area contributed by atoms with Gasteiger partial charge in [-0.3, -0.25) is 4.98 Å². The Hall–Kier alpha value is -2.63. The van der Waals surface area contributed by atoms with Gasteiger partial charge in [0.2, 0.25) is 0 Å². The molecule has 5 nitrogen and oxygen atoms in total. The highest BCUT2D eigenvalue weighted by atomic mass is 35.5. The number of rotatable bonds is 3. The number of imidazole rings is 1. The van der Waals surface area contributed by atoms with Crippen molar-refractivity contribution < 1.29 is 0 Å². The number of aromatic nitrogens is 4. The smallest absolute Gasteiger partial charge is 0.155 e. The van der Waals surface area contributed by atoms with Crippen LogP contribution in [0.25, 0.3) is 22.3 Å². The molecule has 7 heteroatoms. The predicted molar refractivity (Wildman–Crippen MR) is 109 cm³/mol. The van der Waals surface area contributed by atoms with Crippen LogP contribution in [0.4, 0.5) is 5.82 Å². The molecule has 1 aliphatic rings. The summed E-state index contributed by atoms with van der Waals surface area (Å²) in [5, 5.41) is 1.37. The number of nitrogens with one attached hydrogen (secondary N) is 1. The van der Waals surface area contributed by atoms with Gasteiger partial charge in [-0.05, 0) is 24.3 Å². The largest absolute Gasteiger partial charge is 0.353 e. The molecule has 1 fully saturated rings. The number of benzene rings is 2. The number of halogens is 2. The normalized spacial score (nSPS) is 14.5. The van der Waals surface area contributed by atoms with Gasteiger partial charge in [-0.1, -0.05) is 41.4 Å². The highest BCUT2D eigenvalue weighted by Crippen LogP contribution is 2.37. The van der Waals surface area contributed by atoms with Gasteiger partial charge in [0.15, 0.2) is 5.82 Å². The molecule has 0 radical (unpaired) electrons. The minimum atomic E-state index is 0.317. The Morgan fingerprint density at radius 1 is 1.00 bits per heavy atom. The van der Waals surface area contributed by atoms with E-state index in [1.54, 1.807) is 12.4 Å². The third kappa shape index (κ3) is 2.93. The van der Waals surface area contributed by atoms with Gasteiger partial charge in [-0.25, -0.2) is 9.97 Å². The average Bonchev–Trinajstić information content (AvgIpc) is 3.04. The first-order valence-electron chi connectivity index (χ1n) is 8.65. The van der Waals surface area contributed by atoms with Crippen LogP contribution in [-0.4, -0.2) is 33.0 Å². The van der Waals surface area contributed by atoms with Crippen LogP contribution in [0, 0.1) is 0 Å². The van der Waals surface area contributed by atoms with Crippen LogP contribution in [0.3, 0.4) is 0 Å². The Labute approximate surface area is 166 Å². The van der Waals surface area contributed by atoms with E-state index in [0.29, 0.717) is 16.0 Å². The predicted octanol–water partition coefficient (Wildman–Crippen LogP) is 4.93. The standard InChI is InChI=1S/C20H15Cl2N5/c21-13-5-6-16-17(9-13)26-19(25-16)12-10-27(11-12)20-18(23-7-8-24-20)14-3-1-2-4-15(14)22/h1-9,12H,10-11H2,(H,25,26). The van der Waals surface area contributed by atoms with E-state index in [1.807, 2.05) is 42.5 Å². The molecule has 134 valence electrons. The van der Waals surface area contributed by atoms with E-state index in [9.17, 15) is 0 Å². The molecule has 0 atom stereocenters. The van der Waals surface area contributed by atoms with Gasteiger partial charge in [0.25, 0.3) is 0 Å². The fourth-order valence-corrected chi connectivity index (χ4v) is 3.81. The molecule has 0 bridgehead atoms. The molecule has 0 unspecified atom stereocenters. The second kappa shape index (κ2) is 6.51. The van der Waals surface area contributed by atoms with Crippen molar-refractivity contribution in [2.75, 3.05) is 18.0 Å². The summed E-state index contributed by atoms with van der Waals surface area (Å²) in [6, 6.07) is 13.4. The van der Waals surface area contributed by atoms with Crippen LogP contribution >= 0.6 is 23.2 Å². The topological polar surface area (TPSA) is 57.7 Å². The van der Waals surface area contributed by atoms with Crippen LogP contribution in [0.1, 0.15) is 11.7 Å². The third-order valence-electron chi connectivity index (χ3n) is 4.84. The number of H-pyrrole nitrogens is 1. The van der Waals surface area contributed by atoms with Crippen molar-refractivity contribution in [3.05, 3.63) is 70.7 Å². The molecule has 0 aliphatic carbocycles. The number of fused-ring (bicyclic) bond motifs is 1. The molecule has 0 spiro atoms. The van der Waals surface area contributed by atoms with Gasteiger partial charge < -0.3 is 9.88 Å². The van der Waals surface area contributed by atoms with Crippen LogP contribution in [0.2, 0.25) is 10.0 Å². The van der Waals surface area contributed by atoms with Crippen molar-refractivity contribution in [3.63, 3.8) is 0 Å². The minimum absolute atomic E-state index is 0.317. The maximum atomic E-state index is 6.37. The fourth-order valence-electron chi connectivity index (χ4n) is 3.42. The molecule has 1 saturated heterocycles. The first-order valence-corrected chi connectivity index (χ1v) is 9.40. The molecule has 5 rings (SSSR count). The number of anilines is 1. The lowest BCUT2D eigenvalue weighted by atomic mass is 9.98. The summed E-state index contributed by atoms with van der Waals surface area (Å²) >= 11 is 12.4. The monoisotopic (exact) mass is 395 g/mol. The third-order valence-corrected chi connectivity index (χ3v) is 5.40. The summed E-state index contributed by atoms with van der Waals surface area (Å²) in [7, 11) is 0. The molecular weight excluding hydrogens is 381 g/mol. The van der Waals surface area contributed by atoms with Crippen molar-refractivity contribution in [1.82, 2.24) is 19.9 Å². The van der Waals surface area contributed by atoms with Crippen LogP contribution < -0.4 is 4.90 Å². The van der Waals surface area contributed by atoms with E-state index in [-0.39, 0.29) is 0 Å². The maximum absolute atomic E-state index is 6.37. The van der Waals surface area contributed by atoms with Gasteiger partial charge in [0, 0.05) is 36.1 Å². The van der Waals surface area contributed by atoms with Gasteiger partial charge in [-0.2, -0.15) is 0 Å².